The number of para-hydroxylation sites is 1. The van der Waals surface area contributed by atoms with Gasteiger partial charge in [0, 0.05) is 5.02 Å². The number of carbonyl (C=O) groups is 1. The van der Waals surface area contributed by atoms with Crippen molar-refractivity contribution in [2.45, 2.75) is 18.1 Å². The van der Waals surface area contributed by atoms with Crippen LogP contribution in [-0.4, -0.2) is 21.2 Å². The first-order valence-corrected chi connectivity index (χ1v) is 11.1. The van der Waals surface area contributed by atoms with E-state index in [0.717, 1.165) is 5.56 Å². The summed E-state index contributed by atoms with van der Waals surface area (Å²) in [7, 11) is 0. The quantitative estimate of drug-likeness (QED) is 0.332. The van der Waals surface area contributed by atoms with Crippen molar-refractivity contribution in [2.75, 3.05) is 5.75 Å². The molecule has 1 aromatic heterocycles. The molecule has 3 aromatic carbocycles. The molecule has 1 heterocycles. The molecule has 0 aliphatic carbocycles. The van der Waals surface area contributed by atoms with Gasteiger partial charge in [-0.05, 0) is 42.8 Å². The van der Waals surface area contributed by atoms with Crippen LogP contribution in [-0.2, 0) is 4.79 Å². The van der Waals surface area contributed by atoms with Gasteiger partial charge in [-0.25, -0.2) is 4.98 Å². The van der Waals surface area contributed by atoms with Crippen molar-refractivity contribution in [1.82, 2.24) is 14.9 Å². The Hall–Kier alpha value is -3.09. The maximum absolute atomic E-state index is 13.2. The molecular weight excluding hydrogens is 430 g/mol. The van der Waals surface area contributed by atoms with Gasteiger partial charge < -0.3 is 5.32 Å². The number of carbonyl (C=O) groups excluding carboxylic acids is 1. The van der Waals surface area contributed by atoms with Gasteiger partial charge in [0.25, 0.3) is 5.56 Å². The molecule has 0 aliphatic heterocycles. The van der Waals surface area contributed by atoms with Crippen LogP contribution in [0.1, 0.15) is 18.5 Å². The van der Waals surface area contributed by atoms with Crippen LogP contribution in [0, 0.1) is 0 Å². The fourth-order valence-electron chi connectivity index (χ4n) is 3.29. The molecule has 1 amide bonds. The van der Waals surface area contributed by atoms with Crippen molar-refractivity contribution in [1.29, 1.82) is 0 Å². The molecule has 4 aromatic rings. The van der Waals surface area contributed by atoms with Crippen LogP contribution in [0.15, 0.2) is 88.8 Å². The number of halogens is 1. The van der Waals surface area contributed by atoms with E-state index in [0.29, 0.717) is 26.8 Å². The second kappa shape index (κ2) is 9.37. The highest BCUT2D eigenvalue weighted by atomic mass is 35.5. The smallest absolute Gasteiger partial charge is 0.266 e. The molecular formula is C24H20ClN3O2S. The summed E-state index contributed by atoms with van der Waals surface area (Å²) >= 11 is 7.37. The van der Waals surface area contributed by atoms with Gasteiger partial charge in [-0.3, -0.25) is 14.2 Å². The van der Waals surface area contributed by atoms with Gasteiger partial charge in [0.05, 0.1) is 28.4 Å². The number of aromatic nitrogens is 2. The highest BCUT2D eigenvalue weighted by Gasteiger charge is 2.16. The predicted octanol–water partition coefficient (Wildman–Crippen LogP) is 5.01. The van der Waals surface area contributed by atoms with E-state index in [-0.39, 0.29) is 23.3 Å². The molecule has 31 heavy (non-hydrogen) atoms. The maximum Gasteiger partial charge on any atom is 0.266 e. The molecule has 1 atom stereocenters. The molecule has 1 unspecified atom stereocenters. The summed E-state index contributed by atoms with van der Waals surface area (Å²) in [5.41, 5.74) is 2.02. The fourth-order valence-corrected chi connectivity index (χ4v) is 4.30. The van der Waals surface area contributed by atoms with Crippen molar-refractivity contribution < 1.29 is 4.79 Å². The number of thioether (sulfide) groups is 1. The summed E-state index contributed by atoms with van der Waals surface area (Å²) in [6.07, 6.45) is 0. The van der Waals surface area contributed by atoms with Crippen LogP contribution in [0.2, 0.25) is 5.02 Å². The van der Waals surface area contributed by atoms with E-state index in [1.807, 2.05) is 43.3 Å². The van der Waals surface area contributed by atoms with E-state index < -0.39 is 0 Å². The molecule has 0 spiro atoms. The van der Waals surface area contributed by atoms with Crippen LogP contribution < -0.4 is 10.9 Å². The molecule has 1 N–H and O–H groups in total. The minimum Gasteiger partial charge on any atom is -0.349 e. The Morgan fingerprint density at radius 2 is 1.81 bits per heavy atom. The van der Waals surface area contributed by atoms with E-state index >= 15 is 0 Å². The van der Waals surface area contributed by atoms with Crippen molar-refractivity contribution in [3.05, 3.63) is 99.8 Å². The van der Waals surface area contributed by atoms with Crippen LogP contribution in [0.25, 0.3) is 16.6 Å². The van der Waals surface area contributed by atoms with Gasteiger partial charge in [-0.2, -0.15) is 0 Å². The van der Waals surface area contributed by atoms with Crippen molar-refractivity contribution in [3.63, 3.8) is 0 Å². The first-order chi connectivity index (χ1) is 15.0. The average molecular weight is 450 g/mol. The predicted molar refractivity (Wildman–Crippen MR) is 126 cm³/mol. The van der Waals surface area contributed by atoms with E-state index in [1.165, 1.54) is 16.3 Å². The number of nitrogens with one attached hydrogen (secondary N) is 1. The minimum atomic E-state index is -0.201. The normalized spacial score (nSPS) is 11.9. The summed E-state index contributed by atoms with van der Waals surface area (Å²) < 4.78 is 1.51. The van der Waals surface area contributed by atoms with E-state index in [2.05, 4.69) is 10.3 Å². The number of nitrogens with zero attached hydrogens (tertiary/aromatic N) is 2. The third kappa shape index (κ3) is 4.81. The topological polar surface area (TPSA) is 64.0 Å². The number of amides is 1. The van der Waals surface area contributed by atoms with Gasteiger partial charge in [0.15, 0.2) is 5.16 Å². The molecule has 156 valence electrons. The largest absolute Gasteiger partial charge is 0.349 e. The van der Waals surface area contributed by atoms with E-state index in [9.17, 15) is 9.59 Å². The Morgan fingerprint density at radius 1 is 1.06 bits per heavy atom. The number of rotatable bonds is 6. The lowest BCUT2D eigenvalue weighted by atomic mass is 10.1. The average Bonchev–Trinajstić information content (AvgIpc) is 2.78. The van der Waals surface area contributed by atoms with Gasteiger partial charge in [0.2, 0.25) is 5.91 Å². The Labute approximate surface area is 189 Å². The molecule has 5 nitrogen and oxygen atoms in total. The molecule has 0 saturated heterocycles. The molecule has 0 saturated carbocycles. The number of hydrogen-bond acceptors (Lipinski definition) is 4. The van der Waals surface area contributed by atoms with Gasteiger partial charge >= 0.3 is 0 Å². The Balaban J connectivity index is 1.63. The summed E-state index contributed by atoms with van der Waals surface area (Å²) in [6, 6.07) is 23.9. The van der Waals surface area contributed by atoms with Gasteiger partial charge in [0.1, 0.15) is 0 Å². The molecule has 0 fully saturated rings. The molecule has 4 rings (SSSR count). The summed E-state index contributed by atoms with van der Waals surface area (Å²) in [6.45, 7) is 1.94. The Bertz CT molecular complexity index is 1290. The zero-order valence-corrected chi connectivity index (χ0v) is 18.4. The van der Waals surface area contributed by atoms with Crippen LogP contribution in [0.4, 0.5) is 0 Å². The second-order valence-electron chi connectivity index (χ2n) is 7.02. The van der Waals surface area contributed by atoms with Gasteiger partial charge in [-0.1, -0.05) is 71.9 Å². The highest BCUT2D eigenvalue weighted by molar-refractivity contribution is 7.99. The standard InChI is InChI=1S/C24H20ClN3O2S/c1-16(17-8-3-2-4-9-17)26-22(29)15-31-24-27-21-13-6-5-12-20(21)23(30)28(24)19-11-7-10-18(25)14-19/h2-14,16H,15H2,1H3,(H,26,29). The van der Waals surface area contributed by atoms with E-state index in [4.69, 9.17) is 11.6 Å². The summed E-state index contributed by atoms with van der Waals surface area (Å²) in [5.74, 6) is -0.0101. The van der Waals surface area contributed by atoms with Crippen molar-refractivity contribution in [2.24, 2.45) is 0 Å². The monoisotopic (exact) mass is 449 g/mol. The lowest BCUT2D eigenvalue weighted by molar-refractivity contribution is -0.119. The second-order valence-corrected chi connectivity index (χ2v) is 8.40. The highest BCUT2D eigenvalue weighted by Crippen LogP contribution is 2.23. The third-order valence-corrected chi connectivity index (χ3v) is 5.99. The van der Waals surface area contributed by atoms with E-state index in [1.54, 1.807) is 42.5 Å². The number of benzene rings is 3. The van der Waals surface area contributed by atoms with Gasteiger partial charge in [-0.15, -0.1) is 0 Å². The first kappa shape index (κ1) is 21.2. The third-order valence-electron chi connectivity index (χ3n) is 4.82. The molecule has 0 bridgehead atoms. The molecule has 0 aliphatic rings. The number of hydrogen-bond donors (Lipinski definition) is 1. The van der Waals surface area contributed by atoms with Crippen molar-refractivity contribution >= 4 is 40.2 Å². The number of fused-ring (bicyclic) bond motifs is 1. The lowest BCUT2D eigenvalue weighted by Gasteiger charge is -2.16. The molecule has 7 heteroatoms. The maximum atomic E-state index is 13.2. The zero-order chi connectivity index (χ0) is 21.8. The Morgan fingerprint density at radius 3 is 2.58 bits per heavy atom. The SMILES string of the molecule is CC(NC(=O)CSc1nc2ccccc2c(=O)n1-c1cccc(Cl)c1)c1ccccc1. The lowest BCUT2D eigenvalue weighted by Crippen LogP contribution is -2.29. The summed E-state index contributed by atoms with van der Waals surface area (Å²) in [5, 5.41) is 4.45. The van der Waals surface area contributed by atoms with Crippen LogP contribution in [0.3, 0.4) is 0 Å². The van der Waals surface area contributed by atoms with Crippen molar-refractivity contribution in [3.8, 4) is 5.69 Å². The summed E-state index contributed by atoms with van der Waals surface area (Å²) in [4.78, 5) is 30.5. The van der Waals surface area contributed by atoms with Crippen LogP contribution in [0.5, 0.6) is 0 Å². The fraction of sp³-hybridized carbons (Fsp3) is 0.125. The van der Waals surface area contributed by atoms with Crippen LogP contribution >= 0.6 is 23.4 Å². The zero-order valence-electron chi connectivity index (χ0n) is 16.8. The minimum absolute atomic E-state index is 0.117. The Kier molecular flexibility index (Phi) is 6.39. The molecule has 0 radical (unpaired) electrons. The first-order valence-electron chi connectivity index (χ1n) is 9.78.